The highest BCUT2D eigenvalue weighted by atomic mass is 79.9. The minimum absolute atomic E-state index is 0.417. The van der Waals surface area contributed by atoms with Crippen LogP contribution >= 0.6 is 15.9 Å². The summed E-state index contributed by atoms with van der Waals surface area (Å²) in [5.41, 5.74) is 1.19. The Bertz CT molecular complexity index is 556. The van der Waals surface area contributed by atoms with Crippen LogP contribution in [0.4, 0.5) is 0 Å². The highest BCUT2D eigenvalue weighted by Crippen LogP contribution is 2.23. The van der Waals surface area contributed by atoms with Gasteiger partial charge in [-0.2, -0.15) is 0 Å². The Hall–Kier alpha value is -1.40. The number of benzene rings is 1. The average molecular weight is 339 g/mol. The molecule has 0 spiro atoms. The van der Waals surface area contributed by atoms with Gasteiger partial charge < -0.3 is 14.6 Å². The van der Waals surface area contributed by atoms with Gasteiger partial charge in [-0.3, -0.25) is 0 Å². The third-order valence-electron chi connectivity index (χ3n) is 2.93. The van der Waals surface area contributed by atoms with E-state index in [0.717, 1.165) is 35.6 Å². The molecule has 2 rings (SSSR count). The van der Waals surface area contributed by atoms with Gasteiger partial charge in [-0.05, 0) is 36.7 Å². The number of rotatable bonds is 7. The van der Waals surface area contributed by atoms with E-state index in [-0.39, 0.29) is 0 Å². The molecular formula is C14H19BrN4O. The standard InChI is InChI=1S/C14H19BrN4O/c1-3-6-16-8-11-7-12(4-5-13(11)15)20-9-14-18-17-10-19(14)2/h4-5,7,10,16H,3,6,8-9H2,1-2H3. The van der Waals surface area contributed by atoms with E-state index in [1.165, 1.54) is 5.56 Å². The Balaban J connectivity index is 1.98. The number of nitrogens with zero attached hydrogens (tertiary/aromatic N) is 3. The van der Waals surface area contributed by atoms with Crippen LogP contribution < -0.4 is 10.1 Å². The molecule has 0 saturated carbocycles. The first kappa shape index (κ1) is 15.0. The summed E-state index contributed by atoms with van der Waals surface area (Å²) in [7, 11) is 1.90. The van der Waals surface area contributed by atoms with Gasteiger partial charge >= 0.3 is 0 Å². The molecule has 2 aromatic rings. The zero-order valence-corrected chi connectivity index (χ0v) is 13.4. The van der Waals surface area contributed by atoms with Gasteiger partial charge in [0.25, 0.3) is 0 Å². The van der Waals surface area contributed by atoms with Crippen LogP contribution in [0.5, 0.6) is 5.75 Å². The van der Waals surface area contributed by atoms with E-state index < -0.39 is 0 Å². The lowest BCUT2D eigenvalue weighted by atomic mass is 10.2. The molecule has 108 valence electrons. The highest BCUT2D eigenvalue weighted by Gasteiger charge is 2.05. The lowest BCUT2D eigenvalue weighted by Gasteiger charge is -2.10. The van der Waals surface area contributed by atoms with Gasteiger partial charge in [-0.15, -0.1) is 10.2 Å². The van der Waals surface area contributed by atoms with Crippen molar-refractivity contribution in [1.82, 2.24) is 20.1 Å². The molecule has 1 heterocycles. The first-order valence-electron chi connectivity index (χ1n) is 6.65. The zero-order valence-electron chi connectivity index (χ0n) is 11.8. The first-order valence-corrected chi connectivity index (χ1v) is 7.44. The molecule has 0 radical (unpaired) electrons. The fourth-order valence-corrected chi connectivity index (χ4v) is 2.15. The number of aryl methyl sites for hydroxylation is 1. The van der Waals surface area contributed by atoms with E-state index in [4.69, 9.17) is 4.74 Å². The van der Waals surface area contributed by atoms with Crippen molar-refractivity contribution in [2.45, 2.75) is 26.5 Å². The lowest BCUT2D eigenvalue weighted by Crippen LogP contribution is -2.14. The van der Waals surface area contributed by atoms with Gasteiger partial charge in [-0.1, -0.05) is 22.9 Å². The molecule has 0 bridgehead atoms. The summed E-state index contributed by atoms with van der Waals surface area (Å²) < 4.78 is 8.70. The van der Waals surface area contributed by atoms with Crippen LogP contribution in [-0.4, -0.2) is 21.3 Å². The summed E-state index contributed by atoms with van der Waals surface area (Å²) in [5, 5.41) is 11.2. The largest absolute Gasteiger partial charge is 0.486 e. The van der Waals surface area contributed by atoms with Crippen molar-refractivity contribution in [3.05, 3.63) is 40.4 Å². The summed E-state index contributed by atoms with van der Waals surface area (Å²) >= 11 is 3.56. The third kappa shape index (κ3) is 4.05. The maximum Gasteiger partial charge on any atom is 0.170 e. The number of ether oxygens (including phenoxy) is 1. The van der Waals surface area contributed by atoms with E-state index in [9.17, 15) is 0 Å². The molecule has 6 heteroatoms. The Morgan fingerprint density at radius 1 is 1.40 bits per heavy atom. The smallest absolute Gasteiger partial charge is 0.170 e. The molecule has 0 fully saturated rings. The minimum atomic E-state index is 0.417. The fraction of sp³-hybridized carbons (Fsp3) is 0.429. The van der Waals surface area contributed by atoms with Crippen LogP contribution in [0.3, 0.4) is 0 Å². The van der Waals surface area contributed by atoms with Gasteiger partial charge in [-0.25, -0.2) is 0 Å². The van der Waals surface area contributed by atoms with Crippen molar-refractivity contribution in [3.8, 4) is 5.75 Å². The highest BCUT2D eigenvalue weighted by molar-refractivity contribution is 9.10. The molecule has 0 aliphatic carbocycles. The van der Waals surface area contributed by atoms with Crippen LogP contribution in [0.25, 0.3) is 0 Å². The van der Waals surface area contributed by atoms with E-state index in [0.29, 0.717) is 6.61 Å². The minimum Gasteiger partial charge on any atom is -0.486 e. The molecule has 0 amide bonds. The maximum absolute atomic E-state index is 5.76. The Kier molecular flexibility index (Phi) is 5.55. The Labute approximate surface area is 127 Å². The van der Waals surface area contributed by atoms with E-state index in [2.05, 4.69) is 38.4 Å². The van der Waals surface area contributed by atoms with Crippen molar-refractivity contribution in [2.75, 3.05) is 6.54 Å². The van der Waals surface area contributed by atoms with Crippen molar-refractivity contribution < 1.29 is 4.74 Å². The molecule has 0 saturated heterocycles. The lowest BCUT2D eigenvalue weighted by molar-refractivity contribution is 0.291. The number of nitrogens with one attached hydrogen (secondary N) is 1. The summed E-state index contributed by atoms with van der Waals surface area (Å²) in [6.07, 6.45) is 2.79. The van der Waals surface area contributed by atoms with Crippen molar-refractivity contribution in [3.63, 3.8) is 0 Å². The van der Waals surface area contributed by atoms with Crippen LogP contribution in [-0.2, 0) is 20.2 Å². The molecule has 1 aromatic heterocycles. The predicted molar refractivity (Wildman–Crippen MR) is 81.5 cm³/mol. The summed E-state index contributed by atoms with van der Waals surface area (Å²) in [6.45, 7) is 4.41. The summed E-state index contributed by atoms with van der Waals surface area (Å²) in [6, 6.07) is 6.00. The molecule has 1 N–H and O–H groups in total. The topological polar surface area (TPSA) is 52.0 Å². The second kappa shape index (κ2) is 7.40. The van der Waals surface area contributed by atoms with Gasteiger partial charge in [0.2, 0.25) is 0 Å². The van der Waals surface area contributed by atoms with Crippen LogP contribution in [0.1, 0.15) is 24.7 Å². The molecule has 5 nitrogen and oxygen atoms in total. The van der Waals surface area contributed by atoms with Gasteiger partial charge in [0.05, 0.1) is 0 Å². The maximum atomic E-state index is 5.76. The van der Waals surface area contributed by atoms with Crippen molar-refractivity contribution in [1.29, 1.82) is 0 Å². The predicted octanol–water partition coefficient (Wildman–Crippen LogP) is 2.66. The summed E-state index contributed by atoms with van der Waals surface area (Å²) in [4.78, 5) is 0. The van der Waals surface area contributed by atoms with Gasteiger partial charge in [0, 0.05) is 18.1 Å². The third-order valence-corrected chi connectivity index (χ3v) is 3.71. The van der Waals surface area contributed by atoms with Crippen LogP contribution in [0.2, 0.25) is 0 Å². The van der Waals surface area contributed by atoms with Crippen molar-refractivity contribution >= 4 is 15.9 Å². The zero-order chi connectivity index (χ0) is 14.4. The molecule has 0 aliphatic rings. The quantitative estimate of drug-likeness (QED) is 0.788. The van der Waals surface area contributed by atoms with Gasteiger partial charge in [0.1, 0.15) is 18.7 Å². The molecule has 20 heavy (non-hydrogen) atoms. The molecule has 0 aliphatic heterocycles. The monoisotopic (exact) mass is 338 g/mol. The fourth-order valence-electron chi connectivity index (χ4n) is 1.76. The second-order valence-electron chi connectivity index (χ2n) is 4.58. The summed E-state index contributed by atoms with van der Waals surface area (Å²) in [5.74, 6) is 1.64. The SMILES string of the molecule is CCCNCc1cc(OCc2nncn2C)ccc1Br. The van der Waals surface area contributed by atoms with E-state index in [1.54, 1.807) is 6.33 Å². The second-order valence-corrected chi connectivity index (χ2v) is 5.43. The number of hydrogen-bond acceptors (Lipinski definition) is 4. The molecular weight excluding hydrogens is 320 g/mol. The van der Waals surface area contributed by atoms with Crippen molar-refractivity contribution in [2.24, 2.45) is 7.05 Å². The van der Waals surface area contributed by atoms with Gasteiger partial charge in [0.15, 0.2) is 5.82 Å². The average Bonchev–Trinajstić information content (AvgIpc) is 2.85. The Morgan fingerprint density at radius 3 is 2.95 bits per heavy atom. The van der Waals surface area contributed by atoms with E-state index >= 15 is 0 Å². The molecule has 0 atom stereocenters. The molecule has 0 unspecified atom stereocenters. The number of halogens is 1. The van der Waals surface area contributed by atoms with E-state index in [1.807, 2.05) is 29.8 Å². The number of aromatic nitrogens is 3. The molecule has 1 aromatic carbocycles. The normalized spacial score (nSPS) is 10.8. The Morgan fingerprint density at radius 2 is 2.25 bits per heavy atom. The first-order chi connectivity index (χ1) is 9.70. The van der Waals surface area contributed by atoms with Crippen LogP contribution in [0.15, 0.2) is 29.0 Å². The number of hydrogen-bond donors (Lipinski definition) is 1. The van der Waals surface area contributed by atoms with Crippen LogP contribution in [0, 0.1) is 0 Å².